The van der Waals surface area contributed by atoms with Crippen molar-refractivity contribution in [1.29, 1.82) is 0 Å². The molecule has 198 valence electrons. The lowest BCUT2D eigenvalue weighted by Crippen LogP contribution is -2.09. The molecule has 0 saturated carbocycles. The highest BCUT2D eigenvalue weighted by molar-refractivity contribution is 6.05. The Morgan fingerprint density at radius 2 is 1.02 bits per heavy atom. The fourth-order valence-electron chi connectivity index (χ4n) is 5.80. The van der Waals surface area contributed by atoms with Gasteiger partial charge in [0.25, 0.3) is 0 Å². The van der Waals surface area contributed by atoms with E-state index in [0.29, 0.717) is 5.71 Å². The standard InChI is InChI=1S/C39H26N2O/c1-3-8-27(9-4-1)29-15-18-33(19-16-29)41(35-21-22-36-37-12-7-23-40-39(37)42-38(36)26-35)34-20-17-31-24-30(13-14-32(31)25-34)28-10-5-2-6-11-28/h1-26H. The zero-order chi connectivity index (χ0) is 27.9. The van der Waals surface area contributed by atoms with E-state index in [1.807, 2.05) is 12.1 Å². The van der Waals surface area contributed by atoms with Crippen molar-refractivity contribution in [2.24, 2.45) is 0 Å². The summed E-state index contributed by atoms with van der Waals surface area (Å²) < 4.78 is 6.18. The molecule has 0 N–H and O–H groups in total. The van der Waals surface area contributed by atoms with Gasteiger partial charge in [0.2, 0.25) is 5.71 Å². The van der Waals surface area contributed by atoms with Crippen molar-refractivity contribution in [3.63, 3.8) is 0 Å². The van der Waals surface area contributed by atoms with E-state index in [0.717, 1.165) is 33.4 Å². The Labute approximate surface area is 243 Å². The summed E-state index contributed by atoms with van der Waals surface area (Å²) in [6.45, 7) is 0. The number of nitrogens with zero attached hydrogens (tertiary/aromatic N) is 2. The molecule has 6 aromatic carbocycles. The highest BCUT2D eigenvalue weighted by Gasteiger charge is 2.16. The molecule has 0 fully saturated rings. The third kappa shape index (κ3) is 4.29. The lowest BCUT2D eigenvalue weighted by atomic mass is 10.0. The summed E-state index contributed by atoms with van der Waals surface area (Å²) in [5, 5.41) is 4.48. The minimum atomic E-state index is 0.656. The number of aromatic nitrogens is 1. The van der Waals surface area contributed by atoms with Crippen LogP contribution in [0.1, 0.15) is 0 Å². The van der Waals surface area contributed by atoms with E-state index >= 15 is 0 Å². The van der Waals surface area contributed by atoms with Crippen LogP contribution in [-0.4, -0.2) is 4.98 Å². The predicted molar refractivity (Wildman–Crippen MR) is 175 cm³/mol. The zero-order valence-corrected chi connectivity index (χ0v) is 22.8. The minimum absolute atomic E-state index is 0.656. The monoisotopic (exact) mass is 538 g/mol. The average molecular weight is 539 g/mol. The number of hydrogen-bond acceptors (Lipinski definition) is 3. The first-order valence-electron chi connectivity index (χ1n) is 14.1. The third-order valence-electron chi connectivity index (χ3n) is 7.91. The Kier molecular flexibility index (Phi) is 5.79. The molecule has 0 amide bonds. The summed E-state index contributed by atoms with van der Waals surface area (Å²) in [4.78, 5) is 6.72. The van der Waals surface area contributed by atoms with Gasteiger partial charge in [0.05, 0.1) is 0 Å². The fourth-order valence-corrected chi connectivity index (χ4v) is 5.80. The highest BCUT2D eigenvalue weighted by atomic mass is 16.3. The van der Waals surface area contributed by atoms with Gasteiger partial charge in [-0.15, -0.1) is 0 Å². The molecular weight excluding hydrogens is 512 g/mol. The molecule has 2 aromatic heterocycles. The van der Waals surface area contributed by atoms with Crippen molar-refractivity contribution in [2.45, 2.75) is 0 Å². The van der Waals surface area contributed by atoms with E-state index in [1.54, 1.807) is 6.20 Å². The van der Waals surface area contributed by atoms with Crippen molar-refractivity contribution < 1.29 is 4.42 Å². The summed E-state index contributed by atoms with van der Waals surface area (Å²) in [7, 11) is 0. The SMILES string of the molecule is c1ccc(-c2ccc(N(c3ccc4cc(-c5ccccc5)ccc4c3)c3ccc4c(c3)oc3ncccc34)cc2)cc1. The van der Waals surface area contributed by atoms with Crippen LogP contribution in [0, 0.1) is 0 Å². The van der Waals surface area contributed by atoms with Gasteiger partial charge in [-0.25, -0.2) is 4.98 Å². The largest absolute Gasteiger partial charge is 0.438 e. The molecule has 3 nitrogen and oxygen atoms in total. The maximum absolute atomic E-state index is 6.18. The molecule has 0 radical (unpaired) electrons. The van der Waals surface area contributed by atoms with Crippen molar-refractivity contribution in [3.05, 3.63) is 158 Å². The van der Waals surface area contributed by atoms with E-state index in [9.17, 15) is 0 Å². The maximum Gasteiger partial charge on any atom is 0.227 e. The van der Waals surface area contributed by atoms with Crippen LogP contribution >= 0.6 is 0 Å². The second kappa shape index (κ2) is 10.1. The quantitative estimate of drug-likeness (QED) is 0.218. The van der Waals surface area contributed by atoms with Crippen LogP contribution in [0.3, 0.4) is 0 Å². The molecule has 0 saturated heterocycles. The number of benzene rings is 6. The first kappa shape index (κ1) is 24.2. The van der Waals surface area contributed by atoms with Crippen molar-refractivity contribution in [3.8, 4) is 22.3 Å². The second-order valence-corrected chi connectivity index (χ2v) is 10.5. The molecule has 0 aliphatic carbocycles. The van der Waals surface area contributed by atoms with Gasteiger partial charge in [0.15, 0.2) is 0 Å². The molecule has 42 heavy (non-hydrogen) atoms. The molecule has 3 heteroatoms. The van der Waals surface area contributed by atoms with Gasteiger partial charge in [-0.1, -0.05) is 91.0 Å². The fraction of sp³-hybridized carbons (Fsp3) is 0. The molecule has 8 rings (SSSR count). The number of rotatable bonds is 5. The Balaban J connectivity index is 1.26. The summed E-state index contributed by atoms with van der Waals surface area (Å²) in [5.41, 5.74) is 9.47. The Morgan fingerprint density at radius 3 is 1.81 bits per heavy atom. The first-order valence-corrected chi connectivity index (χ1v) is 14.1. The summed E-state index contributed by atoms with van der Waals surface area (Å²) in [6, 6.07) is 53.5. The molecule has 0 unspecified atom stereocenters. The number of fused-ring (bicyclic) bond motifs is 4. The number of anilines is 3. The number of hydrogen-bond donors (Lipinski definition) is 0. The molecule has 8 aromatic rings. The zero-order valence-electron chi connectivity index (χ0n) is 22.8. The van der Waals surface area contributed by atoms with Crippen LogP contribution in [0.15, 0.2) is 162 Å². The Bertz CT molecular complexity index is 2180. The Hall–Kier alpha value is -5.67. The summed E-state index contributed by atoms with van der Waals surface area (Å²) in [5.74, 6) is 0. The second-order valence-electron chi connectivity index (χ2n) is 10.5. The van der Waals surface area contributed by atoms with Gasteiger partial charge in [0, 0.05) is 40.1 Å². The van der Waals surface area contributed by atoms with Crippen LogP contribution in [0.25, 0.3) is 55.1 Å². The van der Waals surface area contributed by atoms with Crippen molar-refractivity contribution in [1.82, 2.24) is 4.98 Å². The van der Waals surface area contributed by atoms with Gasteiger partial charge in [0.1, 0.15) is 5.58 Å². The van der Waals surface area contributed by atoms with Crippen molar-refractivity contribution in [2.75, 3.05) is 4.90 Å². The van der Waals surface area contributed by atoms with Gasteiger partial charge in [-0.05, 0) is 87.6 Å². The average Bonchev–Trinajstić information content (AvgIpc) is 3.44. The summed E-state index contributed by atoms with van der Waals surface area (Å²) in [6.07, 6.45) is 1.77. The molecular formula is C39H26N2O. The molecule has 0 aliphatic rings. The summed E-state index contributed by atoms with van der Waals surface area (Å²) >= 11 is 0. The van der Waals surface area contributed by atoms with E-state index in [-0.39, 0.29) is 0 Å². The molecule has 0 aliphatic heterocycles. The van der Waals surface area contributed by atoms with Crippen LogP contribution in [0.4, 0.5) is 17.1 Å². The minimum Gasteiger partial charge on any atom is -0.438 e. The van der Waals surface area contributed by atoms with Crippen LogP contribution < -0.4 is 4.90 Å². The van der Waals surface area contributed by atoms with Gasteiger partial charge < -0.3 is 9.32 Å². The van der Waals surface area contributed by atoms with Gasteiger partial charge in [-0.2, -0.15) is 0 Å². The molecule has 0 spiro atoms. The lowest BCUT2D eigenvalue weighted by molar-refractivity contribution is 0.654. The maximum atomic E-state index is 6.18. The smallest absolute Gasteiger partial charge is 0.227 e. The van der Waals surface area contributed by atoms with E-state index in [2.05, 4.69) is 149 Å². The van der Waals surface area contributed by atoms with E-state index in [4.69, 9.17) is 4.42 Å². The Morgan fingerprint density at radius 1 is 0.429 bits per heavy atom. The third-order valence-corrected chi connectivity index (χ3v) is 7.91. The van der Waals surface area contributed by atoms with E-state index in [1.165, 1.54) is 33.0 Å². The van der Waals surface area contributed by atoms with Crippen LogP contribution in [-0.2, 0) is 0 Å². The molecule has 0 bridgehead atoms. The number of furan rings is 1. The van der Waals surface area contributed by atoms with Gasteiger partial charge in [-0.3, -0.25) is 0 Å². The van der Waals surface area contributed by atoms with Gasteiger partial charge >= 0.3 is 0 Å². The predicted octanol–water partition coefficient (Wildman–Crippen LogP) is 10.9. The molecule has 0 atom stereocenters. The van der Waals surface area contributed by atoms with Crippen molar-refractivity contribution >= 4 is 49.9 Å². The van der Waals surface area contributed by atoms with Crippen LogP contribution in [0.2, 0.25) is 0 Å². The first-order chi connectivity index (χ1) is 20.8. The lowest BCUT2D eigenvalue weighted by Gasteiger charge is -2.26. The highest BCUT2D eigenvalue weighted by Crippen LogP contribution is 2.40. The normalized spacial score (nSPS) is 11.3. The van der Waals surface area contributed by atoms with Crippen LogP contribution in [0.5, 0.6) is 0 Å². The topological polar surface area (TPSA) is 29.3 Å². The van der Waals surface area contributed by atoms with E-state index < -0.39 is 0 Å². The molecule has 2 heterocycles. The number of pyridine rings is 1.